The van der Waals surface area contributed by atoms with Gasteiger partial charge in [0.2, 0.25) is 5.91 Å². The topological polar surface area (TPSA) is 64.7 Å². The number of hydrogen-bond acceptors (Lipinski definition) is 4. The molecule has 6 nitrogen and oxygen atoms in total. The standard InChI is InChI=1S/C17H25ClN4O2/c1-3-19-17(24)14-6-5-13(11-15(14)18)20-16(23)12-22-8-4-7-21(2)9-10-22/h5-6,11H,3-4,7-10,12H2,1-2H3,(H,19,24)(H,20,23). The average molecular weight is 353 g/mol. The van der Waals surface area contributed by atoms with Gasteiger partial charge >= 0.3 is 0 Å². The van der Waals surface area contributed by atoms with Crippen LogP contribution in [0.15, 0.2) is 18.2 Å². The monoisotopic (exact) mass is 352 g/mol. The lowest BCUT2D eigenvalue weighted by atomic mass is 10.2. The van der Waals surface area contributed by atoms with E-state index in [0.29, 0.717) is 29.4 Å². The molecule has 1 heterocycles. The predicted octanol–water partition coefficient (Wildman–Crippen LogP) is 1.67. The Balaban J connectivity index is 1.91. The molecule has 1 saturated heterocycles. The second-order valence-corrected chi connectivity index (χ2v) is 6.44. The van der Waals surface area contributed by atoms with Crippen LogP contribution in [-0.2, 0) is 4.79 Å². The van der Waals surface area contributed by atoms with Crippen LogP contribution in [0.2, 0.25) is 5.02 Å². The first kappa shape index (κ1) is 18.7. The third-order valence-electron chi connectivity index (χ3n) is 4.01. The van der Waals surface area contributed by atoms with Crippen molar-refractivity contribution in [1.29, 1.82) is 0 Å². The summed E-state index contributed by atoms with van der Waals surface area (Å²) in [6.07, 6.45) is 1.07. The minimum absolute atomic E-state index is 0.0682. The zero-order valence-corrected chi connectivity index (χ0v) is 15.0. The fraction of sp³-hybridized carbons (Fsp3) is 0.529. The first-order chi connectivity index (χ1) is 11.5. The van der Waals surface area contributed by atoms with Crippen LogP contribution in [0, 0.1) is 0 Å². The molecule has 1 aliphatic heterocycles. The number of carbonyl (C=O) groups is 2. The van der Waals surface area contributed by atoms with Crippen molar-refractivity contribution < 1.29 is 9.59 Å². The minimum Gasteiger partial charge on any atom is -0.352 e. The summed E-state index contributed by atoms with van der Waals surface area (Å²) in [6.45, 7) is 6.61. The Hall–Kier alpha value is -1.63. The summed E-state index contributed by atoms with van der Waals surface area (Å²) >= 11 is 6.14. The normalized spacial score (nSPS) is 16.5. The zero-order chi connectivity index (χ0) is 17.5. The van der Waals surface area contributed by atoms with Crippen LogP contribution in [0.4, 0.5) is 5.69 Å². The van der Waals surface area contributed by atoms with Gasteiger partial charge in [-0.3, -0.25) is 14.5 Å². The number of hydrogen-bond donors (Lipinski definition) is 2. The quantitative estimate of drug-likeness (QED) is 0.846. The summed E-state index contributed by atoms with van der Waals surface area (Å²) in [4.78, 5) is 28.5. The van der Waals surface area contributed by atoms with E-state index in [1.54, 1.807) is 18.2 Å². The highest BCUT2D eigenvalue weighted by Crippen LogP contribution is 2.21. The van der Waals surface area contributed by atoms with Crippen LogP contribution in [0.5, 0.6) is 0 Å². The average Bonchev–Trinajstić information content (AvgIpc) is 2.72. The molecule has 0 atom stereocenters. The zero-order valence-electron chi connectivity index (χ0n) is 14.3. The second kappa shape index (κ2) is 9.01. The summed E-state index contributed by atoms with van der Waals surface area (Å²) in [5.74, 6) is -0.282. The number of halogens is 1. The van der Waals surface area contributed by atoms with Gasteiger partial charge in [0.05, 0.1) is 17.1 Å². The first-order valence-electron chi connectivity index (χ1n) is 8.28. The number of amides is 2. The number of rotatable bonds is 5. The van der Waals surface area contributed by atoms with Gasteiger partial charge in [-0.05, 0) is 51.7 Å². The molecule has 2 N–H and O–H groups in total. The van der Waals surface area contributed by atoms with Crippen molar-refractivity contribution in [3.63, 3.8) is 0 Å². The molecule has 0 unspecified atom stereocenters. The third kappa shape index (κ3) is 5.47. The smallest absolute Gasteiger partial charge is 0.252 e. The Kier molecular flexibility index (Phi) is 7.02. The van der Waals surface area contributed by atoms with E-state index in [4.69, 9.17) is 11.6 Å². The van der Waals surface area contributed by atoms with Crippen LogP contribution in [0.1, 0.15) is 23.7 Å². The molecule has 0 spiro atoms. The molecule has 2 amide bonds. The van der Waals surface area contributed by atoms with Crippen LogP contribution in [-0.4, -0.2) is 67.9 Å². The fourth-order valence-corrected chi connectivity index (χ4v) is 2.96. The van der Waals surface area contributed by atoms with Crippen molar-refractivity contribution in [3.05, 3.63) is 28.8 Å². The van der Waals surface area contributed by atoms with E-state index in [0.717, 1.165) is 32.6 Å². The van der Waals surface area contributed by atoms with Crippen molar-refractivity contribution >= 4 is 29.1 Å². The van der Waals surface area contributed by atoms with Crippen LogP contribution < -0.4 is 10.6 Å². The van der Waals surface area contributed by atoms with E-state index < -0.39 is 0 Å². The van der Waals surface area contributed by atoms with Crippen molar-refractivity contribution in [2.45, 2.75) is 13.3 Å². The lowest BCUT2D eigenvalue weighted by Crippen LogP contribution is -2.35. The Bertz CT molecular complexity index is 594. The van der Waals surface area contributed by atoms with Gasteiger partial charge in [-0.1, -0.05) is 11.6 Å². The summed E-state index contributed by atoms with van der Waals surface area (Å²) in [6, 6.07) is 4.94. The van der Waals surface area contributed by atoms with Crippen molar-refractivity contribution in [1.82, 2.24) is 15.1 Å². The van der Waals surface area contributed by atoms with E-state index in [2.05, 4.69) is 27.5 Å². The van der Waals surface area contributed by atoms with Gasteiger partial charge in [-0.2, -0.15) is 0 Å². The Morgan fingerprint density at radius 3 is 2.71 bits per heavy atom. The van der Waals surface area contributed by atoms with E-state index >= 15 is 0 Å². The number of anilines is 1. The Labute approximate surface area is 148 Å². The van der Waals surface area contributed by atoms with Gasteiger partial charge in [0.25, 0.3) is 5.91 Å². The molecule has 0 bridgehead atoms. The molecule has 0 saturated carbocycles. The second-order valence-electron chi connectivity index (χ2n) is 6.04. The molecule has 0 radical (unpaired) electrons. The molecule has 132 valence electrons. The summed E-state index contributed by atoms with van der Waals surface area (Å²) in [5, 5.41) is 5.88. The lowest BCUT2D eigenvalue weighted by Gasteiger charge is -2.19. The highest BCUT2D eigenvalue weighted by atomic mass is 35.5. The summed E-state index contributed by atoms with van der Waals surface area (Å²) in [5.41, 5.74) is 1.01. The largest absolute Gasteiger partial charge is 0.352 e. The van der Waals surface area contributed by atoms with Gasteiger partial charge in [-0.15, -0.1) is 0 Å². The molecule has 1 aliphatic rings. The van der Waals surface area contributed by atoms with Gasteiger partial charge in [0.15, 0.2) is 0 Å². The molecule has 0 aromatic heterocycles. The van der Waals surface area contributed by atoms with Crippen LogP contribution in [0.25, 0.3) is 0 Å². The van der Waals surface area contributed by atoms with Crippen molar-refractivity contribution in [2.24, 2.45) is 0 Å². The number of nitrogens with one attached hydrogen (secondary N) is 2. The van der Waals surface area contributed by atoms with Gasteiger partial charge in [0, 0.05) is 25.3 Å². The van der Waals surface area contributed by atoms with Gasteiger partial charge in [-0.25, -0.2) is 0 Å². The third-order valence-corrected chi connectivity index (χ3v) is 4.33. The Morgan fingerprint density at radius 2 is 2.00 bits per heavy atom. The van der Waals surface area contributed by atoms with Crippen LogP contribution >= 0.6 is 11.6 Å². The molecular formula is C17H25ClN4O2. The number of benzene rings is 1. The minimum atomic E-state index is -0.214. The van der Waals surface area contributed by atoms with Crippen molar-refractivity contribution in [2.75, 3.05) is 51.6 Å². The van der Waals surface area contributed by atoms with E-state index in [9.17, 15) is 9.59 Å². The highest BCUT2D eigenvalue weighted by molar-refractivity contribution is 6.34. The summed E-state index contributed by atoms with van der Waals surface area (Å²) < 4.78 is 0. The van der Waals surface area contributed by atoms with E-state index in [1.807, 2.05) is 6.92 Å². The maximum absolute atomic E-state index is 12.2. The highest BCUT2D eigenvalue weighted by Gasteiger charge is 2.16. The molecule has 1 aromatic rings. The molecular weight excluding hydrogens is 328 g/mol. The molecule has 1 aromatic carbocycles. The summed E-state index contributed by atoms with van der Waals surface area (Å²) in [7, 11) is 2.10. The molecule has 1 fully saturated rings. The van der Waals surface area contributed by atoms with E-state index in [-0.39, 0.29) is 11.8 Å². The number of likely N-dealkylation sites (N-methyl/N-ethyl adjacent to an activating group) is 1. The molecule has 0 aliphatic carbocycles. The van der Waals surface area contributed by atoms with Crippen molar-refractivity contribution in [3.8, 4) is 0 Å². The molecule has 7 heteroatoms. The maximum atomic E-state index is 12.2. The lowest BCUT2D eigenvalue weighted by molar-refractivity contribution is -0.117. The predicted molar refractivity (Wildman–Crippen MR) is 96.6 cm³/mol. The Morgan fingerprint density at radius 1 is 1.21 bits per heavy atom. The molecule has 24 heavy (non-hydrogen) atoms. The number of nitrogens with zero attached hydrogens (tertiary/aromatic N) is 2. The number of carbonyl (C=O) groups excluding carboxylic acids is 2. The SMILES string of the molecule is CCNC(=O)c1ccc(NC(=O)CN2CCCN(C)CC2)cc1Cl. The first-order valence-corrected chi connectivity index (χ1v) is 8.66. The van der Waals surface area contributed by atoms with Crippen LogP contribution in [0.3, 0.4) is 0 Å². The van der Waals surface area contributed by atoms with Gasteiger partial charge < -0.3 is 15.5 Å². The van der Waals surface area contributed by atoms with E-state index in [1.165, 1.54) is 0 Å². The maximum Gasteiger partial charge on any atom is 0.252 e. The van der Waals surface area contributed by atoms with Gasteiger partial charge in [0.1, 0.15) is 0 Å². The fourth-order valence-electron chi connectivity index (χ4n) is 2.69. The molecule has 2 rings (SSSR count).